The summed E-state index contributed by atoms with van der Waals surface area (Å²) >= 11 is 0. The number of carbonyl (C=O) groups is 2. The molecule has 0 spiro atoms. The summed E-state index contributed by atoms with van der Waals surface area (Å²) in [4.78, 5) is 24.7. The number of aliphatic hydroxyl groups excluding tert-OH is 1. The van der Waals surface area contributed by atoms with Gasteiger partial charge in [-0.3, -0.25) is 9.59 Å². The van der Waals surface area contributed by atoms with Gasteiger partial charge in [-0.1, -0.05) is 0 Å². The van der Waals surface area contributed by atoms with E-state index in [-0.39, 0.29) is 17.7 Å². The molecule has 2 amide bonds. The third kappa shape index (κ3) is 4.72. The molecule has 0 heterocycles. The van der Waals surface area contributed by atoms with Gasteiger partial charge < -0.3 is 20.5 Å². The van der Waals surface area contributed by atoms with Gasteiger partial charge in [0.05, 0.1) is 18.8 Å². The van der Waals surface area contributed by atoms with Crippen LogP contribution in [0, 0.1) is 5.92 Å². The summed E-state index contributed by atoms with van der Waals surface area (Å²) in [6, 6.07) is 6.84. The first-order chi connectivity index (χ1) is 12.1. The second-order valence-electron chi connectivity index (χ2n) is 6.90. The van der Waals surface area contributed by atoms with Crippen molar-refractivity contribution in [1.29, 1.82) is 0 Å². The Morgan fingerprint density at radius 3 is 2.48 bits per heavy atom. The van der Waals surface area contributed by atoms with Gasteiger partial charge in [0.1, 0.15) is 5.75 Å². The number of carbonyl (C=O) groups excluding carboxylic acids is 2. The zero-order valence-corrected chi connectivity index (χ0v) is 14.5. The molecule has 0 aromatic heterocycles. The third-order valence-electron chi connectivity index (χ3n) is 4.85. The van der Waals surface area contributed by atoms with Gasteiger partial charge in [0.2, 0.25) is 5.91 Å². The topological polar surface area (TPSA) is 87.7 Å². The lowest BCUT2D eigenvalue weighted by Crippen LogP contribution is -2.49. The van der Waals surface area contributed by atoms with E-state index in [0.29, 0.717) is 43.2 Å². The Hall–Kier alpha value is -2.08. The third-order valence-corrected chi connectivity index (χ3v) is 4.85. The molecule has 3 rings (SSSR count). The largest absolute Gasteiger partial charge is 0.494 e. The van der Waals surface area contributed by atoms with Crippen LogP contribution in [0.5, 0.6) is 5.75 Å². The molecular formula is C19H26N2O4. The van der Waals surface area contributed by atoms with Crippen LogP contribution >= 0.6 is 0 Å². The minimum Gasteiger partial charge on any atom is -0.494 e. The van der Waals surface area contributed by atoms with Crippen molar-refractivity contribution in [3.05, 3.63) is 29.8 Å². The molecule has 25 heavy (non-hydrogen) atoms. The van der Waals surface area contributed by atoms with Crippen molar-refractivity contribution in [2.45, 2.75) is 57.2 Å². The predicted octanol–water partition coefficient (Wildman–Crippen LogP) is 1.62. The highest BCUT2D eigenvalue weighted by Gasteiger charge is 2.35. The van der Waals surface area contributed by atoms with Gasteiger partial charge in [0.25, 0.3) is 5.91 Å². The highest BCUT2D eigenvalue weighted by Crippen LogP contribution is 2.27. The molecule has 6 nitrogen and oxygen atoms in total. The lowest BCUT2D eigenvalue weighted by atomic mass is 9.83. The fraction of sp³-hybridized carbons (Fsp3) is 0.579. The van der Waals surface area contributed by atoms with E-state index in [0.717, 1.165) is 12.8 Å². The highest BCUT2D eigenvalue weighted by molar-refractivity contribution is 5.94. The molecule has 2 aliphatic carbocycles. The quantitative estimate of drug-likeness (QED) is 0.730. The minimum atomic E-state index is -0.614. The number of hydrogen-bond donors (Lipinski definition) is 3. The first kappa shape index (κ1) is 17.7. The molecule has 0 bridgehead atoms. The maximum Gasteiger partial charge on any atom is 0.251 e. The van der Waals surface area contributed by atoms with Crippen LogP contribution in [0.3, 0.4) is 0 Å². The average molecular weight is 346 g/mol. The smallest absolute Gasteiger partial charge is 0.251 e. The number of aliphatic hydroxyl groups is 1. The average Bonchev–Trinajstić information content (AvgIpc) is 3.41. The fourth-order valence-electron chi connectivity index (χ4n) is 3.22. The number of hydrogen-bond acceptors (Lipinski definition) is 4. The van der Waals surface area contributed by atoms with Crippen LogP contribution in [0.4, 0.5) is 0 Å². The highest BCUT2D eigenvalue weighted by atomic mass is 16.5. The second kappa shape index (κ2) is 7.87. The van der Waals surface area contributed by atoms with Crippen LogP contribution in [0.15, 0.2) is 24.3 Å². The van der Waals surface area contributed by atoms with E-state index >= 15 is 0 Å². The maximum absolute atomic E-state index is 12.4. The van der Waals surface area contributed by atoms with Gasteiger partial charge in [0.15, 0.2) is 0 Å². The first-order valence-electron chi connectivity index (χ1n) is 9.09. The molecule has 2 aliphatic rings. The molecule has 136 valence electrons. The van der Waals surface area contributed by atoms with Crippen LogP contribution in [0.2, 0.25) is 0 Å². The van der Waals surface area contributed by atoms with Crippen LogP contribution in [-0.2, 0) is 4.79 Å². The number of amides is 2. The zero-order valence-electron chi connectivity index (χ0n) is 14.5. The van der Waals surface area contributed by atoms with Crippen molar-refractivity contribution in [3.63, 3.8) is 0 Å². The van der Waals surface area contributed by atoms with Crippen molar-refractivity contribution >= 4 is 11.8 Å². The predicted molar refractivity (Wildman–Crippen MR) is 93.4 cm³/mol. The Kier molecular flexibility index (Phi) is 5.58. The van der Waals surface area contributed by atoms with E-state index in [1.807, 2.05) is 6.92 Å². The summed E-state index contributed by atoms with van der Waals surface area (Å²) < 4.78 is 5.37. The standard InChI is InChI=1S/C19H26N2O4/c1-2-25-15-8-3-12(4-9-15)18(23)21-16-11-13(5-10-17(16)22)19(24)20-14-6-7-14/h3-4,8-9,13-14,16-17,22H,2,5-7,10-11H2,1H3,(H,20,24)(H,21,23)/t13-,16+,17+/m0/s1. The van der Waals surface area contributed by atoms with Gasteiger partial charge in [0, 0.05) is 17.5 Å². The Bertz CT molecular complexity index is 612. The van der Waals surface area contributed by atoms with Crippen LogP contribution in [0.25, 0.3) is 0 Å². The summed E-state index contributed by atoms with van der Waals surface area (Å²) in [7, 11) is 0. The normalized spacial score (nSPS) is 25.9. The molecule has 0 unspecified atom stereocenters. The fourth-order valence-corrected chi connectivity index (χ4v) is 3.22. The van der Waals surface area contributed by atoms with E-state index in [4.69, 9.17) is 4.74 Å². The summed E-state index contributed by atoms with van der Waals surface area (Å²) in [5.74, 6) is 0.383. The summed E-state index contributed by atoms with van der Waals surface area (Å²) in [6.07, 6.45) is 3.16. The molecule has 0 radical (unpaired) electrons. The Labute approximate surface area is 147 Å². The first-order valence-corrected chi connectivity index (χ1v) is 9.09. The van der Waals surface area contributed by atoms with Gasteiger partial charge in [-0.25, -0.2) is 0 Å². The molecule has 3 atom stereocenters. The number of nitrogens with one attached hydrogen (secondary N) is 2. The molecule has 1 aromatic carbocycles. The van der Waals surface area contributed by atoms with Gasteiger partial charge in [-0.05, 0) is 63.3 Å². The monoisotopic (exact) mass is 346 g/mol. The van der Waals surface area contributed by atoms with Crippen LogP contribution < -0.4 is 15.4 Å². The Morgan fingerprint density at radius 2 is 1.84 bits per heavy atom. The zero-order chi connectivity index (χ0) is 17.8. The summed E-state index contributed by atoms with van der Waals surface area (Å²) in [5.41, 5.74) is 0.514. The molecule has 0 aliphatic heterocycles. The lowest BCUT2D eigenvalue weighted by molar-refractivity contribution is -0.127. The molecular weight excluding hydrogens is 320 g/mol. The van der Waals surface area contributed by atoms with Gasteiger partial charge in [-0.2, -0.15) is 0 Å². The number of benzene rings is 1. The van der Waals surface area contributed by atoms with Crippen molar-refractivity contribution in [2.24, 2.45) is 5.92 Å². The summed E-state index contributed by atoms with van der Waals surface area (Å²) in [5, 5.41) is 16.1. The second-order valence-corrected chi connectivity index (χ2v) is 6.90. The summed E-state index contributed by atoms with van der Waals surface area (Å²) in [6.45, 7) is 2.48. The van der Waals surface area contributed by atoms with E-state index in [1.54, 1.807) is 24.3 Å². The number of ether oxygens (including phenoxy) is 1. The van der Waals surface area contributed by atoms with Crippen molar-refractivity contribution in [3.8, 4) is 5.75 Å². The van der Waals surface area contributed by atoms with Crippen molar-refractivity contribution < 1.29 is 19.4 Å². The lowest BCUT2D eigenvalue weighted by Gasteiger charge is -2.33. The molecule has 3 N–H and O–H groups in total. The SMILES string of the molecule is CCOc1ccc(C(=O)N[C@@H]2C[C@@H](C(=O)NC3CC3)CC[C@H]2O)cc1. The van der Waals surface area contributed by atoms with Gasteiger partial charge >= 0.3 is 0 Å². The maximum atomic E-state index is 12.4. The molecule has 0 saturated heterocycles. The molecule has 2 fully saturated rings. The van der Waals surface area contributed by atoms with Gasteiger partial charge in [-0.15, -0.1) is 0 Å². The van der Waals surface area contributed by atoms with Crippen molar-refractivity contribution in [1.82, 2.24) is 10.6 Å². The van der Waals surface area contributed by atoms with E-state index in [9.17, 15) is 14.7 Å². The van der Waals surface area contributed by atoms with E-state index in [2.05, 4.69) is 10.6 Å². The van der Waals surface area contributed by atoms with E-state index < -0.39 is 12.1 Å². The van der Waals surface area contributed by atoms with Crippen LogP contribution in [-0.4, -0.2) is 41.7 Å². The van der Waals surface area contributed by atoms with E-state index in [1.165, 1.54) is 0 Å². The molecule has 1 aromatic rings. The Balaban J connectivity index is 1.57. The van der Waals surface area contributed by atoms with Crippen LogP contribution in [0.1, 0.15) is 49.4 Å². The number of rotatable bonds is 6. The Morgan fingerprint density at radius 1 is 1.12 bits per heavy atom. The minimum absolute atomic E-state index is 0.0507. The molecule has 2 saturated carbocycles. The van der Waals surface area contributed by atoms with Crippen molar-refractivity contribution in [2.75, 3.05) is 6.61 Å². The molecule has 6 heteroatoms.